The number of hydrogen-bond donors (Lipinski definition) is 2. The first-order valence-electron chi connectivity index (χ1n) is 9.85. The van der Waals surface area contributed by atoms with E-state index >= 15 is 0 Å². The molecule has 0 radical (unpaired) electrons. The fourth-order valence-electron chi connectivity index (χ4n) is 3.27. The van der Waals surface area contributed by atoms with Gasteiger partial charge in [-0.3, -0.25) is 4.79 Å². The molecule has 3 rings (SSSR count). The third-order valence-corrected chi connectivity index (χ3v) is 4.71. The van der Waals surface area contributed by atoms with Crippen molar-refractivity contribution < 1.29 is 19.1 Å². The molecule has 7 nitrogen and oxygen atoms in total. The molecule has 1 aliphatic heterocycles. The van der Waals surface area contributed by atoms with Crippen LogP contribution >= 0.6 is 0 Å². The number of urea groups is 1. The Morgan fingerprint density at radius 3 is 2.52 bits per heavy atom. The van der Waals surface area contributed by atoms with Gasteiger partial charge in [0.05, 0.1) is 0 Å². The molecule has 1 aliphatic rings. The SMILES string of the molecule is NC(=O)NCCC(=O)N(CCCc1ccccc1)Cc1ccc2c(c1)OCCO2. The van der Waals surface area contributed by atoms with Gasteiger partial charge in [0.2, 0.25) is 5.91 Å². The van der Waals surface area contributed by atoms with E-state index < -0.39 is 6.03 Å². The fourth-order valence-corrected chi connectivity index (χ4v) is 3.27. The van der Waals surface area contributed by atoms with Crippen molar-refractivity contribution in [1.29, 1.82) is 0 Å². The molecule has 154 valence electrons. The highest BCUT2D eigenvalue weighted by Gasteiger charge is 2.17. The van der Waals surface area contributed by atoms with E-state index in [-0.39, 0.29) is 18.9 Å². The van der Waals surface area contributed by atoms with Gasteiger partial charge in [-0.25, -0.2) is 4.79 Å². The summed E-state index contributed by atoms with van der Waals surface area (Å²) in [5.74, 6) is 1.41. The van der Waals surface area contributed by atoms with Crippen molar-refractivity contribution >= 4 is 11.9 Å². The topological polar surface area (TPSA) is 93.9 Å². The Bertz CT molecular complexity index is 826. The van der Waals surface area contributed by atoms with Gasteiger partial charge in [-0.15, -0.1) is 0 Å². The number of nitrogens with one attached hydrogen (secondary N) is 1. The first-order chi connectivity index (χ1) is 14.1. The maximum atomic E-state index is 12.7. The molecule has 0 bridgehead atoms. The van der Waals surface area contributed by atoms with Gasteiger partial charge in [0.15, 0.2) is 11.5 Å². The Balaban J connectivity index is 1.62. The van der Waals surface area contributed by atoms with Gasteiger partial charge in [0, 0.05) is 26.1 Å². The summed E-state index contributed by atoms with van der Waals surface area (Å²) in [5, 5.41) is 2.47. The molecule has 0 aliphatic carbocycles. The zero-order valence-corrected chi connectivity index (χ0v) is 16.4. The molecule has 1 heterocycles. The zero-order chi connectivity index (χ0) is 20.5. The Kier molecular flexibility index (Phi) is 7.33. The summed E-state index contributed by atoms with van der Waals surface area (Å²) in [6.07, 6.45) is 1.95. The molecule has 0 unspecified atom stereocenters. The smallest absolute Gasteiger partial charge is 0.312 e. The Morgan fingerprint density at radius 2 is 1.76 bits per heavy atom. The van der Waals surface area contributed by atoms with Gasteiger partial charge in [-0.1, -0.05) is 36.4 Å². The minimum absolute atomic E-state index is 0.0262. The monoisotopic (exact) mass is 397 g/mol. The summed E-state index contributed by atoms with van der Waals surface area (Å²) in [4.78, 5) is 25.4. The molecule has 0 atom stereocenters. The highest BCUT2D eigenvalue weighted by molar-refractivity contribution is 5.77. The van der Waals surface area contributed by atoms with Gasteiger partial charge < -0.3 is 25.4 Å². The molecule has 7 heteroatoms. The minimum Gasteiger partial charge on any atom is -0.486 e. The summed E-state index contributed by atoms with van der Waals surface area (Å²) in [7, 11) is 0. The first kappa shape index (κ1) is 20.5. The van der Waals surface area contributed by atoms with Crippen molar-refractivity contribution in [3.05, 3.63) is 59.7 Å². The molecular formula is C22H27N3O4. The lowest BCUT2D eigenvalue weighted by atomic mass is 10.1. The van der Waals surface area contributed by atoms with Crippen molar-refractivity contribution in [3.8, 4) is 11.5 Å². The maximum absolute atomic E-state index is 12.7. The van der Waals surface area contributed by atoms with E-state index in [9.17, 15) is 9.59 Å². The molecule has 2 aromatic carbocycles. The van der Waals surface area contributed by atoms with Gasteiger partial charge in [-0.05, 0) is 36.1 Å². The fraction of sp³-hybridized carbons (Fsp3) is 0.364. The van der Waals surface area contributed by atoms with Crippen molar-refractivity contribution in [2.45, 2.75) is 25.8 Å². The minimum atomic E-state index is -0.625. The van der Waals surface area contributed by atoms with E-state index in [0.717, 1.165) is 24.2 Å². The lowest BCUT2D eigenvalue weighted by Crippen LogP contribution is -2.36. The second-order valence-corrected chi connectivity index (χ2v) is 6.92. The molecule has 0 saturated heterocycles. The van der Waals surface area contributed by atoms with Gasteiger partial charge in [0.25, 0.3) is 0 Å². The van der Waals surface area contributed by atoms with Crippen LogP contribution in [0.5, 0.6) is 11.5 Å². The normalized spacial score (nSPS) is 12.3. The van der Waals surface area contributed by atoms with Gasteiger partial charge in [0.1, 0.15) is 13.2 Å². The predicted octanol–water partition coefficient (Wildman–Crippen LogP) is 2.48. The number of rotatable bonds is 9. The van der Waals surface area contributed by atoms with Gasteiger partial charge in [-0.2, -0.15) is 0 Å². The number of ether oxygens (including phenoxy) is 2. The number of carbonyl (C=O) groups excluding carboxylic acids is 2. The van der Waals surface area contributed by atoms with Crippen molar-refractivity contribution in [2.75, 3.05) is 26.3 Å². The summed E-state index contributed by atoms with van der Waals surface area (Å²) >= 11 is 0. The van der Waals surface area contributed by atoms with Crippen LogP contribution in [0.3, 0.4) is 0 Å². The van der Waals surface area contributed by atoms with E-state index in [1.54, 1.807) is 0 Å². The summed E-state index contributed by atoms with van der Waals surface area (Å²) < 4.78 is 11.2. The van der Waals surface area contributed by atoms with Crippen molar-refractivity contribution in [2.24, 2.45) is 5.73 Å². The lowest BCUT2D eigenvalue weighted by molar-refractivity contribution is -0.131. The third-order valence-electron chi connectivity index (χ3n) is 4.71. The van der Waals surface area contributed by atoms with Crippen LogP contribution in [0.25, 0.3) is 0 Å². The van der Waals surface area contributed by atoms with Crippen LogP contribution in [-0.2, 0) is 17.8 Å². The van der Waals surface area contributed by atoms with Crippen LogP contribution in [0.4, 0.5) is 4.79 Å². The number of amides is 3. The summed E-state index contributed by atoms with van der Waals surface area (Å²) in [6, 6.07) is 15.3. The van der Waals surface area contributed by atoms with Crippen LogP contribution < -0.4 is 20.5 Å². The largest absolute Gasteiger partial charge is 0.486 e. The molecular weight excluding hydrogens is 370 g/mol. The average molecular weight is 397 g/mol. The van der Waals surface area contributed by atoms with Crippen molar-refractivity contribution in [1.82, 2.24) is 10.2 Å². The van der Waals surface area contributed by atoms with Crippen LogP contribution in [-0.4, -0.2) is 43.1 Å². The Hall–Kier alpha value is -3.22. The molecule has 0 saturated carbocycles. The average Bonchev–Trinajstić information content (AvgIpc) is 2.73. The van der Waals surface area contributed by atoms with Gasteiger partial charge >= 0.3 is 6.03 Å². The number of hydrogen-bond acceptors (Lipinski definition) is 4. The highest BCUT2D eigenvalue weighted by Crippen LogP contribution is 2.31. The molecule has 29 heavy (non-hydrogen) atoms. The van der Waals surface area contributed by atoms with Crippen LogP contribution in [0.2, 0.25) is 0 Å². The van der Waals surface area contributed by atoms with E-state index in [4.69, 9.17) is 15.2 Å². The molecule has 3 N–H and O–H groups in total. The summed E-state index contributed by atoms with van der Waals surface area (Å²) in [5.41, 5.74) is 7.31. The highest BCUT2D eigenvalue weighted by atomic mass is 16.6. The molecule has 0 spiro atoms. The second-order valence-electron chi connectivity index (χ2n) is 6.92. The number of fused-ring (bicyclic) bond motifs is 1. The lowest BCUT2D eigenvalue weighted by Gasteiger charge is -2.24. The Morgan fingerprint density at radius 1 is 1.00 bits per heavy atom. The van der Waals surface area contributed by atoms with Crippen LogP contribution in [0.1, 0.15) is 24.0 Å². The van der Waals surface area contributed by atoms with E-state index in [1.807, 2.05) is 41.3 Å². The number of benzene rings is 2. The molecule has 3 amide bonds. The number of nitrogens with two attached hydrogens (primary N) is 1. The molecule has 0 fully saturated rings. The molecule has 2 aromatic rings. The van der Waals surface area contributed by atoms with Crippen LogP contribution in [0, 0.1) is 0 Å². The van der Waals surface area contributed by atoms with E-state index in [0.29, 0.717) is 32.1 Å². The quantitative estimate of drug-likeness (QED) is 0.680. The van der Waals surface area contributed by atoms with Crippen LogP contribution in [0.15, 0.2) is 48.5 Å². The number of primary amides is 1. The van der Waals surface area contributed by atoms with Crippen molar-refractivity contribution in [3.63, 3.8) is 0 Å². The number of carbonyl (C=O) groups is 2. The maximum Gasteiger partial charge on any atom is 0.312 e. The predicted molar refractivity (Wildman–Crippen MR) is 110 cm³/mol. The molecule has 0 aromatic heterocycles. The number of aryl methyl sites for hydroxylation is 1. The zero-order valence-electron chi connectivity index (χ0n) is 16.4. The number of nitrogens with zero attached hydrogens (tertiary/aromatic N) is 1. The summed E-state index contributed by atoms with van der Waals surface area (Å²) in [6.45, 7) is 2.39. The standard InChI is InChI=1S/C22H27N3O4/c23-22(27)24-11-10-21(26)25(12-4-7-17-5-2-1-3-6-17)16-18-8-9-19-20(15-18)29-14-13-28-19/h1-3,5-6,8-9,15H,4,7,10-14,16H2,(H3,23,24,27). The third kappa shape index (κ3) is 6.41. The van der Waals surface area contributed by atoms with E-state index in [2.05, 4.69) is 17.4 Å². The Labute approximate surface area is 170 Å². The van der Waals surface area contributed by atoms with E-state index in [1.165, 1.54) is 5.56 Å². The first-order valence-corrected chi connectivity index (χ1v) is 9.85. The second kappa shape index (κ2) is 10.4.